The second kappa shape index (κ2) is 7.77. The molecule has 1 aromatic heterocycles. The highest BCUT2D eigenvalue weighted by molar-refractivity contribution is 6.30. The van der Waals surface area contributed by atoms with E-state index in [9.17, 15) is 4.79 Å². The number of benzene rings is 2. The van der Waals surface area contributed by atoms with E-state index < -0.39 is 0 Å². The van der Waals surface area contributed by atoms with Gasteiger partial charge in [-0.2, -0.15) is 0 Å². The first-order valence-corrected chi connectivity index (χ1v) is 8.02. The monoisotopic (exact) mass is 353 g/mol. The van der Waals surface area contributed by atoms with Crippen LogP contribution in [0.1, 0.15) is 16.1 Å². The Bertz CT molecular complexity index is 865. The average molecular weight is 354 g/mol. The van der Waals surface area contributed by atoms with Crippen molar-refractivity contribution in [3.8, 4) is 17.0 Å². The first-order valence-electron chi connectivity index (χ1n) is 7.65. The zero-order chi connectivity index (χ0) is 17.6. The van der Waals surface area contributed by atoms with Gasteiger partial charge in [0.25, 0.3) is 5.91 Å². The lowest BCUT2D eigenvalue weighted by Crippen LogP contribution is -2.23. The number of nitrogens with zero attached hydrogens (tertiary/aromatic N) is 2. The Hall–Kier alpha value is -2.92. The van der Waals surface area contributed by atoms with E-state index in [0.717, 1.165) is 22.7 Å². The summed E-state index contributed by atoms with van der Waals surface area (Å²) >= 11 is 5.83. The van der Waals surface area contributed by atoms with E-state index in [4.69, 9.17) is 16.3 Å². The zero-order valence-electron chi connectivity index (χ0n) is 13.6. The molecule has 0 bridgehead atoms. The molecule has 25 heavy (non-hydrogen) atoms. The summed E-state index contributed by atoms with van der Waals surface area (Å²) in [5.41, 5.74) is 3.01. The van der Waals surface area contributed by atoms with Gasteiger partial charge in [0.1, 0.15) is 12.1 Å². The number of halogens is 1. The Labute approximate surface area is 150 Å². The second-order valence-electron chi connectivity index (χ2n) is 5.31. The zero-order valence-corrected chi connectivity index (χ0v) is 14.3. The molecule has 5 nitrogen and oxygen atoms in total. The fourth-order valence-electron chi connectivity index (χ4n) is 2.29. The molecule has 0 unspecified atom stereocenters. The molecular weight excluding hydrogens is 338 g/mol. The van der Waals surface area contributed by atoms with Crippen molar-refractivity contribution in [1.82, 2.24) is 15.3 Å². The summed E-state index contributed by atoms with van der Waals surface area (Å²) < 4.78 is 5.15. The Morgan fingerprint density at radius 3 is 2.48 bits per heavy atom. The lowest BCUT2D eigenvalue weighted by atomic mass is 10.1. The number of methoxy groups -OCH3 is 1. The SMILES string of the molecule is COc1ccc(-c2cc(CNC(=O)c3ccc(Cl)cc3)ncn2)cc1. The van der Waals surface area contributed by atoms with Crippen molar-refractivity contribution in [3.05, 3.63) is 77.2 Å². The van der Waals surface area contributed by atoms with Crippen molar-refractivity contribution < 1.29 is 9.53 Å². The van der Waals surface area contributed by atoms with E-state index in [-0.39, 0.29) is 5.91 Å². The molecule has 3 aromatic rings. The third-order valence-corrected chi connectivity index (χ3v) is 3.90. The van der Waals surface area contributed by atoms with Crippen LogP contribution in [0.25, 0.3) is 11.3 Å². The van der Waals surface area contributed by atoms with Crippen molar-refractivity contribution in [2.75, 3.05) is 7.11 Å². The van der Waals surface area contributed by atoms with Crippen LogP contribution in [0.4, 0.5) is 0 Å². The quantitative estimate of drug-likeness (QED) is 0.759. The van der Waals surface area contributed by atoms with E-state index >= 15 is 0 Å². The molecule has 0 atom stereocenters. The second-order valence-corrected chi connectivity index (χ2v) is 5.75. The average Bonchev–Trinajstić information content (AvgIpc) is 2.67. The Morgan fingerprint density at radius 1 is 1.08 bits per heavy atom. The number of carbonyl (C=O) groups excluding carboxylic acids is 1. The van der Waals surface area contributed by atoms with Gasteiger partial charge < -0.3 is 10.1 Å². The normalized spacial score (nSPS) is 10.3. The topological polar surface area (TPSA) is 64.1 Å². The minimum absolute atomic E-state index is 0.179. The van der Waals surface area contributed by atoms with Crippen LogP contribution in [0.5, 0.6) is 5.75 Å². The van der Waals surface area contributed by atoms with Crippen molar-refractivity contribution in [1.29, 1.82) is 0 Å². The van der Waals surface area contributed by atoms with E-state index in [1.165, 1.54) is 6.33 Å². The molecule has 1 amide bonds. The first-order chi connectivity index (χ1) is 12.2. The number of rotatable bonds is 5. The molecule has 0 aliphatic carbocycles. The Balaban J connectivity index is 1.69. The molecule has 2 aromatic carbocycles. The fourth-order valence-corrected chi connectivity index (χ4v) is 2.41. The summed E-state index contributed by atoms with van der Waals surface area (Å²) in [6.45, 7) is 0.313. The summed E-state index contributed by atoms with van der Waals surface area (Å²) in [5, 5.41) is 3.43. The highest BCUT2D eigenvalue weighted by Crippen LogP contribution is 2.20. The molecular formula is C19H16ClN3O2. The first kappa shape index (κ1) is 16.9. The summed E-state index contributed by atoms with van der Waals surface area (Å²) in [7, 11) is 1.63. The van der Waals surface area contributed by atoms with Gasteiger partial charge >= 0.3 is 0 Å². The van der Waals surface area contributed by atoms with Crippen LogP contribution < -0.4 is 10.1 Å². The molecule has 0 fully saturated rings. The largest absolute Gasteiger partial charge is 0.497 e. The lowest BCUT2D eigenvalue weighted by molar-refractivity contribution is 0.0950. The number of amides is 1. The van der Waals surface area contributed by atoms with Gasteiger partial charge in [-0.3, -0.25) is 4.79 Å². The third kappa shape index (κ3) is 4.33. The van der Waals surface area contributed by atoms with Gasteiger partial charge in [-0.05, 0) is 54.6 Å². The van der Waals surface area contributed by atoms with Gasteiger partial charge in [0.15, 0.2) is 0 Å². The predicted molar refractivity (Wildman–Crippen MR) is 96.6 cm³/mol. The molecule has 6 heteroatoms. The molecule has 0 spiro atoms. The smallest absolute Gasteiger partial charge is 0.251 e. The summed E-state index contributed by atoms with van der Waals surface area (Å²) in [5.74, 6) is 0.606. The Morgan fingerprint density at radius 2 is 1.80 bits per heavy atom. The number of nitrogens with one attached hydrogen (secondary N) is 1. The third-order valence-electron chi connectivity index (χ3n) is 3.65. The summed E-state index contributed by atoms with van der Waals surface area (Å²) in [6.07, 6.45) is 1.49. The van der Waals surface area contributed by atoms with Crippen LogP contribution in [0.15, 0.2) is 60.9 Å². The van der Waals surface area contributed by atoms with Crippen LogP contribution in [-0.4, -0.2) is 23.0 Å². The van der Waals surface area contributed by atoms with E-state index in [1.54, 1.807) is 31.4 Å². The van der Waals surface area contributed by atoms with Crippen LogP contribution in [0.3, 0.4) is 0 Å². The number of aromatic nitrogens is 2. The molecule has 1 heterocycles. The molecule has 3 rings (SSSR count). The van der Waals surface area contributed by atoms with Gasteiger partial charge in [-0.15, -0.1) is 0 Å². The number of carbonyl (C=O) groups is 1. The van der Waals surface area contributed by atoms with Crippen LogP contribution in [0, 0.1) is 0 Å². The predicted octanol–water partition coefficient (Wildman–Crippen LogP) is 3.74. The summed E-state index contributed by atoms with van der Waals surface area (Å²) in [4.78, 5) is 20.6. The van der Waals surface area contributed by atoms with Crippen LogP contribution >= 0.6 is 11.6 Å². The van der Waals surface area contributed by atoms with Crippen molar-refractivity contribution in [3.63, 3.8) is 0 Å². The number of hydrogen-bond donors (Lipinski definition) is 1. The molecule has 1 N–H and O–H groups in total. The highest BCUT2D eigenvalue weighted by atomic mass is 35.5. The van der Waals surface area contributed by atoms with Crippen molar-refractivity contribution in [2.45, 2.75) is 6.54 Å². The minimum atomic E-state index is -0.179. The molecule has 0 aliphatic heterocycles. The Kier molecular flexibility index (Phi) is 5.26. The van der Waals surface area contributed by atoms with Crippen molar-refractivity contribution >= 4 is 17.5 Å². The standard InChI is InChI=1S/C19H16ClN3O2/c1-25-17-8-4-13(5-9-17)18-10-16(22-12-23-18)11-21-19(24)14-2-6-15(20)7-3-14/h2-10,12H,11H2,1H3,(H,21,24). The summed E-state index contributed by atoms with van der Waals surface area (Å²) in [6, 6.07) is 16.2. The molecule has 126 valence electrons. The van der Waals surface area contributed by atoms with Crippen molar-refractivity contribution in [2.24, 2.45) is 0 Å². The maximum absolute atomic E-state index is 12.1. The maximum Gasteiger partial charge on any atom is 0.251 e. The van der Waals surface area contributed by atoms with E-state index in [0.29, 0.717) is 17.1 Å². The van der Waals surface area contributed by atoms with Gasteiger partial charge in [-0.25, -0.2) is 9.97 Å². The van der Waals surface area contributed by atoms with E-state index in [1.807, 2.05) is 30.3 Å². The van der Waals surface area contributed by atoms with Gasteiger partial charge in [-0.1, -0.05) is 11.6 Å². The molecule has 0 radical (unpaired) electrons. The lowest BCUT2D eigenvalue weighted by Gasteiger charge is -2.07. The van der Waals surface area contributed by atoms with Crippen LogP contribution in [-0.2, 0) is 6.54 Å². The fraction of sp³-hybridized carbons (Fsp3) is 0.105. The number of ether oxygens (including phenoxy) is 1. The molecule has 0 saturated carbocycles. The highest BCUT2D eigenvalue weighted by Gasteiger charge is 2.07. The minimum Gasteiger partial charge on any atom is -0.497 e. The van der Waals surface area contributed by atoms with Crippen LogP contribution in [0.2, 0.25) is 5.02 Å². The number of hydrogen-bond acceptors (Lipinski definition) is 4. The molecule has 0 saturated heterocycles. The van der Waals surface area contributed by atoms with E-state index in [2.05, 4.69) is 15.3 Å². The van der Waals surface area contributed by atoms with Gasteiger partial charge in [0, 0.05) is 16.1 Å². The maximum atomic E-state index is 12.1. The van der Waals surface area contributed by atoms with Gasteiger partial charge in [0.2, 0.25) is 0 Å². The van der Waals surface area contributed by atoms with Gasteiger partial charge in [0.05, 0.1) is 25.0 Å². The molecule has 0 aliphatic rings.